The number of hydrogen-bond donors (Lipinski definition) is 2. The zero-order chi connectivity index (χ0) is 15.2. The summed E-state index contributed by atoms with van der Waals surface area (Å²) in [6.45, 7) is 2.41. The van der Waals surface area contributed by atoms with E-state index in [-0.39, 0.29) is 5.91 Å². The number of para-hydroxylation sites is 2. The van der Waals surface area contributed by atoms with Crippen molar-refractivity contribution >= 4 is 29.0 Å². The number of carbonyl (C=O) groups excluding carboxylic acids is 1. The van der Waals surface area contributed by atoms with E-state index in [4.69, 9.17) is 16.3 Å². The van der Waals surface area contributed by atoms with Crippen LogP contribution in [-0.2, 0) is 0 Å². The lowest BCUT2D eigenvalue weighted by atomic mass is 10.2. The molecule has 0 saturated carbocycles. The van der Waals surface area contributed by atoms with Crippen LogP contribution in [0.1, 0.15) is 17.3 Å². The standard InChI is InChI=1S/C15H16ClN3O2/c1-3-21-13-7-5-4-6-12(13)19-15(20)10-8-11(16)14(17-2)18-9-10/h4-9H,3H2,1-2H3,(H,17,18)(H,19,20). The maximum absolute atomic E-state index is 12.2. The van der Waals surface area contributed by atoms with Crippen molar-refractivity contribution in [3.8, 4) is 5.75 Å². The average Bonchev–Trinajstić information content (AvgIpc) is 2.49. The third kappa shape index (κ3) is 3.64. The quantitative estimate of drug-likeness (QED) is 0.888. The molecular formula is C15H16ClN3O2. The first-order chi connectivity index (χ1) is 10.2. The van der Waals surface area contributed by atoms with Crippen LogP contribution in [0.3, 0.4) is 0 Å². The molecular weight excluding hydrogens is 290 g/mol. The van der Waals surface area contributed by atoms with Crippen LogP contribution >= 0.6 is 11.6 Å². The predicted molar refractivity (Wildman–Crippen MR) is 84.4 cm³/mol. The lowest BCUT2D eigenvalue weighted by molar-refractivity contribution is 0.102. The highest BCUT2D eigenvalue weighted by Gasteiger charge is 2.12. The molecule has 0 unspecified atom stereocenters. The summed E-state index contributed by atoms with van der Waals surface area (Å²) in [5.41, 5.74) is 0.989. The largest absolute Gasteiger partial charge is 0.492 e. The van der Waals surface area contributed by atoms with E-state index in [1.807, 2.05) is 19.1 Å². The average molecular weight is 306 g/mol. The SMILES string of the molecule is CCOc1ccccc1NC(=O)c1cnc(NC)c(Cl)c1. The van der Waals surface area contributed by atoms with Gasteiger partial charge in [-0.15, -0.1) is 0 Å². The number of ether oxygens (including phenoxy) is 1. The van der Waals surface area contributed by atoms with Crippen LogP contribution in [0.15, 0.2) is 36.5 Å². The summed E-state index contributed by atoms with van der Waals surface area (Å²) >= 11 is 6.03. The second kappa shape index (κ2) is 6.95. The number of nitrogens with one attached hydrogen (secondary N) is 2. The van der Waals surface area contributed by atoms with Crippen molar-refractivity contribution in [1.82, 2.24) is 4.98 Å². The van der Waals surface area contributed by atoms with Crippen LogP contribution in [0.5, 0.6) is 5.75 Å². The van der Waals surface area contributed by atoms with Crippen molar-refractivity contribution in [2.75, 3.05) is 24.3 Å². The first-order valence-electron chi connectivity index (χ1n) is 6.52. The molecule has 0 fully saturated rings. The normalized spacial score (nSPS) is 10.0. The second-order valence-corrected chi connectivity index (χ2v) is 4.59. The van der Waals surface area contributed by atoms with E-state index >= 15 is 0 Å². The summed E-state index contributed by atoms with van der Waals surface area (Å²) < 4.78 is 5.47. The Balaban J connectivity index is 2.20. The van der Waals surface area contributed by atoms with Gasteiger partial charge in [0.1, 0.15) is 11.6 Å². The molecule has 0 saturated heterocycles. The molecule has 110 valence electrons. The number of carbonyl (C=O) groups is 1. The number of aromatic nitrogens is 1. The Bertz CT molecular complexity index is 647. The van der Waals surface area contributed by atoms with E-state index in [0.29, 0.717) is 34.4 Å². The number of halogens is 1. The summed E-state index contributed by atoms with van der Waals surface area (Å²) in [5.74, 6) is 0.862. The Morgan fingerprint density at radius 1 is 1.38 bits per heavy atom. The van der Waals surface area contributed by atoms with Crippen LogP contribution in [0.4, 0.5) is 11.5 Å². The molecule has 1 amide bonds. The maximum Gasteiger partial charge on any atom is 0.257 e. The molecule has 2 N–H and O–H groups in total. The molecule has 0 aliphatic heterocycles. The van der Waals surface area contributed by atoms with Crippen LogP contribution < -0.4 is 15.4 Å². The number of nitrogens with zero attached hydrogens (tertiary/aromatic N) is 1. The smallest absolute Gasteiger partial charge is 0.257 e. The molecule has 0 bridgehead atoms. The Morgan fingerprint density at radius 2 is 2.14 bits per heavy atom. The van der Waals surface area contributed by atoms with E-state index in [0.717, 1.165) is 0 Å². The minimum atomic E-state index is -0.292. The molecule has 2 rings (SSSR count). The van der Waals surface area contributed by atoms with E-state index in [2.05, 4.69) is 15.6 Å². The lowest BCUT2D eigenvalue weighted by Crippen LogP contribution is -2.13. The van der Waals surface area contributed by atoms with E-state index < -0.39 is 0 Å². The maximum atomic E-state index is 12.2. The van der Waals surface area contributed by atoms with Crippen molar-refractivity contribution < 1.29 is 9.53 Å². The molecule has 6 heteroatoms. The summed E-state index contributed by atoms with van der Waals surface area (Å²) in [7, 11) is 1.71. The van der Waals surface area contributed by atoms with Crippen molar-refractivity contribution in [2.24, 2.45) is 0 Å². The highest BCUT2D eigenvalue weighted by Crippen LogP contribution is 2.25. The number of hydrogen-bond acceptors (Lipinski definition) is 4. The summed E-state index contributed by atoms with van der Waals surface area (Å²) in [6, 6.07) is 8.82. The van der Waals surface area contributed by atoms with Gasteiger partial charge in [-0.25, -0.2) is 4.98 Å². The van der Waals surface area contributed by atoms with Gasteiger partial charge in [-0.1, -0.05) is 23.7 Å². The molecule has 5 nitrogen and oxygen atoms in total. The van der Waals surface area contributed by atoms with Gasteiger partial charge in [-0.2, -0.15) is 0 Å². The molecule has 1 aromatic carbocycles. The van der Waals surface area contributed by atoms with Gasteiger partial charge >= 0.3 is 0 Å². The Hall–Kier alpha value is -2.27. The molecule has 1 aromatic heterocycles. The topological polar surface area (TPSA) is 63.2 Å². The Labute approximate surface area is 128 Å². The molecule has 0 atom stereocenters. The van der Waals surface area contributed by atoms with Crippen molar-refractivity contribution in [1.29, 1.82) is 0 Å². The second-order valence-electron chi connectivity index (χ2n) is 4.19. The van der Waals surface area contributed by atoms with Crippen LogP contribution in [0, 0.1) is 0 Å². The van der Waals surface area contributed by atoms with Gasteiger partial charge in [0.05, 0.1) is 22.9 Å². The molecule has 0 radical (unpaired) electrons. The van der Waals surface area contributed by atoms with Gasteiger partial charge in [-0.3, -0.25) is 4.79 Å². The summed E-state index contributed by atoms with van der Waals surface area (Å²) in [5, 5.41) is 6.03. The van der Waals surface area contributed by atoms with E-state index in [1.165, 1.54) is 6.20 Å². The molecule has 21 heavy (non-hydrogen) atoms. The van der Waals surface area contributed by atoms with Gasteiger partial charge in [0.2, 0.25) is 0 Å². The van der Waals surface area contributed by atoms with Crippen molar-refractivity contribution in [3.63, 3.8) is 0 Å². The monoisotopic (exact) mass is 305 g/mol. The van der Waals surface area contributed by atoms with Crippen LogP contribution in [0.2, 0.25) is 5.02 Å². The summed E-state index contributed by atoms with van der Waals surface area (Å²) in [4.78, 5) is 16.3. The van der Waals surface area contributed by atoms with Crippen LogP contribution in [0.25, 0.3) is 0 Å². The van der Waals surface area contributed by atoms with Crippen molar-refractivity contribution in [3.05, 3.63) is 47.1 Å². The number of pyridine rings is 1. The van der Waals surface area contributed by atoms with Gasteiger partial charge in [0.15, 0.2) is 0 Å². The number of benzene rings is 1. The minimum Gasteiger partial charge on any atom is -0.492 e. The predicted octanol–water partition coefficient (Wildman–Crippen LogP) is 3.43. The first-order valence-corrected chi connectivity index (χ1v) is 6.90. The lowest BCUT2D eigenvalue weighted by Gasteiger charge is -2.11. The van der Waals surface area contributed by atoms with Crippen LogP contribution in [-0.4, -0.2) is 24.5 Å². The Kier molecular flexibility index (Phi) is 5.00. The fourth-order valence-electron chi connectivity index (χ4n) is 1.79. The first kappa shape index (κ1) is 15.1. The van der Waals surface area contributed by atoms with Gasteiger partial charge in [-0.05, 0) is 25.1 Å². The summed E-state index contributed by atoms with van der Waals surface area (Å²) in [6.07, 6.45) is 1.47. The van der Waals surface area contributed by atoms with E-state index in [9.17, 15) is 4.79 Å². The zero-order valence-electron chi connectivity index (χ0n) is 11.8. The molecule has 0 spiro atoms. The third-order valence-corrected chi connectivity index (χ3v) is 3.06. The molecule has 2 aromatic rings. The fourth-order valence-corrected chi connectivity index (χ4v) is 2.05. The van der Waals surface area contributed by atoms with Gasteiger partial charge in [0, 0.05) is 13.2 Å². The fraction of sp³-hybridized carbons (Fsp3) is 0.200. The third-order valence-electron chi connectivity index (χ3n) is 2.78. The van der Waals surface area contributed by atoms with Gasteiger partial charge in [0.25, 0.3) is 5.91 Å². The Morgan fingerprint density at radius 3 is 2.81 bits per heavy atom. The molecule has 0 aliphatic rings. The number of rotatable bonds is 5. The van der Waals surface area contributed by atoms with E-state index in [1.54, 1.807) is 25.2 Å². The number of amides is 1. The zero-order valence-corrected chi connectivity index (χ0v) is 12.6. The highest BCUT2D eigenvalue weighted by molar-refractivity contribution is 6.33. The van der Waals surface area contributed by atoms with Gasteiger partial charge < -0.3 is 15.4 Å². The molecule has 1 heterocycles. The molecule has 0 aliphatic carbocycles. The minimum absolute atomic E-state index is 0.292. The highest BCUT2D eigenvalue weighted by atomic mass is 35.5. The number of anilines is 2. The van der Waals surface area contributed by atoms with Crippen molar-refractivity contribution in [2.45, 2.75) is 6.92 Å².